The van der Waals surface area contributed by atoms with Crippen molar-refractivity contribution >= 4 is 21.7 Å². The number of rotatable bonds is 8. The van der Waals surface area contributed by atoms with Crippen molar-refractivity contribution in [3.8, 4) is 0 Å². The lowest BCUT2D eigenvalue weighted by Crippen LogP contribution is -2.52. The van der Waals surface area contributed by atoms with Crippen LogP contribution in [-0.4, -0.2) is 81.7 Å². The Kier molecular flexibility index (Phi) is 8.50. The molecule has 1 fully saturated rings. The van der Waals surface area contributed by atoms with Gasteiger partial charge in [-0.2, -0.15) is 0 Å². The third-order valence-corrected chi connectivity index (χ3v) is 6.82. The molecule has 1 aromatic rings. The molecule has 1 heterocycles. The van der Waals surface area contributed by atoms with Gasteiger partial charge in [-0.25, -0.2) is 17.1 Å². The van der Waals surface area contributed by atoms with Gasteiger partial charge in [0.25, 0.3) is 0 Å². The number of sulfonamides is 1. The highest BCUT2D eigenvalue weighted by molar-refractivity contribution is 7.89. The fourth-order valence-electron chi connectivity index (χ4n) is 3.27. The average Bonchev–Trinajstić information content (AvgIpc) is 2.69. The second-order valence-electron chi connectivity index (χ2n) is 6.59. The van der Waals surface area contributed by atoms with E-state index >= 15 is 0 Å². The predicted molar refractivity (Wildman–Crippen MR) is 113 cm³/mol. The Morgan fingerprint density at radius 1 is 1.11 bits per heavy atom. The molecule has 0 aromatic heterocycles. The summed E-state index contributed by atoms with van der Waals surface area (Å²) in [5.41, 5.74) is 1.01. The Hall–Kier alpha value is -1.87. The first-order valence-corrected chi connectivity index (χ1v) is 11.5. The number of aliphatic imine (C=N–C) groups is 1. The molecule has 7 nitrogen and oxygen atoms in total. The molecule has 1 N–H and O–H groups in total. The summed E-state index contributed by atoms with van der Waals surface area (Å²) in [7, 11) is -3.27. The number of hydrogen-bond donors (Lipinski definition) is 1. The first kappa shape index (κ1) is 22.4. The highest BCUT2D eigenvalue weighted by atomic mass is 32.2. The maximum absolute atomic E-state index is 13.1. The summed E-state index contributed by atoms with van der Waals surface area (Å²) in [6.45, 7) is 10.7. The minimum absolute atomic E-state index is 0.0130. The number of halogens is 1. The van der Waals surface area contributed by atoms with Crippen LogP contribution >= 0.6 is 0 Å². The van der Waals surface area contributed by atoms with E-state index in [4.69, 9.17) is 0 Å². The SMILES string of the molecule is CCNC(=NCCS(=O)(=O)N(CC)CC)N1CCN(c2ccc(F)cc2)CC1. The fraction of sp³-hybridized carbons (Fsp3) is 0.632. The number of benzene rings is 1. The van der Waals surface area contributed by atoms with Gasteiger partial charge in [0.2, 0.25) is 10.0 Å². The molecule has 0 amide bonds. The van der Waals surface area contributed by atoms with E-state index in [0.29, 0.717) is 13.1 Å². The lowest BCUT2D eigenvalue weighted by Gasteiger charge is -2.37. The van der Waals surface area contributed by atoms with E-state index in [1.807, 2.05) is 20.8 Å². The zero-order chi connectivity index (χ0) is 20.6. The zero-order valence-corrected chi connectivity index (χ0v) is 17.9. The van der Waals surface area contributed by atoms with Crippen molar-refractivity contribution < 1.29 is 12.8 Å². The molecule has 1 aromatic carbocycles. The van der Waals surface area contributed by atoms with Crippen LogP contribution in [0.1, 0.15) is 20.8 Å². The maximum Gasteiger partial charge on any atom is 0.215 e. The molecule has 0 spiro atoms. The smallest absolute Gasteiger partial charge is 0.215 e. The summed E-state index contributed by atoms with van der Waals surface area (Å²) in [6, 6.07) is 6.54. The van der Waals surface area contributed by atoms with Crippen LogP contribution in [0.2, 0.25) is 0 Å². The van der Waals surface area contributed by atoms with Gasteiger partial charge in [0, 0.05) is 51.5 Å². The molecule has 0 unspecified atom stereocenters. The molecule has 1 saturated heterocycles. The Labute approximate surface area is 168 Å². The van der Waals surface area contributed by atoms with E-state index in [2.05, 4.69) is 20.1 Å². The van der Waals surface area contributed by atoms with E-state index in [0.717, 1.165) is 44.4 Å². The summed E-state index contributed by atoms with van der Waals surface area (Å²) in [4.78, 5) is 8.90. The number of hydrogen-bond acceptors (Lipinski definition) is 4. The zero-order valence-electron chi connectivity index (χ0n) is 17.1. The van der Waals surface area contributed by atoms with Gasteiger partial charge >= 0.3 is 0 Å². The molecule has 1 aliphatic rings. The largest absolute Gasteiger partial charge is 0.368 e. The summed E-state index contributed by atoms with van der Waals surface area (Å²) in [6.07, 6.45) is 0. The minimum atomic E-state index is -3.27. The van der Waals surface area contributed by atoms with Crippen molar-refractivity contribution in [1.82, 2.24) is 14.5 Å². The molecular weight excluding hydrogens is 381 g/mol. The van der Waals surface area contributed by atoms with Gasteiger partial charge in [-0.15, -0.1) is 0 Å². The van der Waals surface area contributed by atoms with Crippen molar-refractivity contribution in [3.63, 3.8) is 0 Å². The Morgan fingerprint density at radius 3 is 2.25 bits per heavy atom. The Balaban J connectivity index is 1.95. The Morgan fingerprint density at radius 2 is 1.71 bits per heavy atom. The van der Waals surface area contributed by atoms with Crippen molar-refractivity contribution in [2.45, 2.75) is 20.8 Å². The molecule has 1 aliphatic heterocycles. The average molecular weight is 414 g/mol. The summed E-state index contributed by atoms with van der Waals surface area (Å²) in [5, 5.41) is 3.26. The highest BCUT2D eigenvalue weighted by Gasteiger charge is 2.21. The van der Waals surface area contributed by atoms with Crippen LogP contribution in [-0.2, 0) is 10.0 Å². The van der Waals surface area contributed by atoms with Crippen LogP contribution in [0.15, 0.2) is 29.3 Å². The monoisotopic (exact) mass is 413 g/mol. The van der Waals surface area contributed by atoms with Crippen LogP contribution < -0.4 is 10.2 Å². The lowest BCUT2D eigenvalue weighted by atomic mass is 10.2. The molecule has 0 aliphatic carbocycles. The molecule has 0 atom stereocenters. The summed E-state index contributed by atoms with van der Waals surface area (Å²) in [5.74, 6) is 0.527. The number of nitrogens with zero attached hydrogens (tertiary/aromatic N) is 4. The fourth-order valence-corrected chi connectivity index (χ4v) is 4.63. The van der Waals surface area contributed by atoms with Gasteiger partial charge in [0.1, 0.15) is 5.82 Å². The van der Waals surface area contributed by atoms with E-state index in [-0.39, 0.29) is 18.1 Å². The first-order chi connectivity index (χ1) is 13.4. The number of nitrogens with one attached hydrogen (secondary N) is 1. The minimum Gasteiger partial charge on any atom is -0.368 e. The quantitative estimate of drug-likeness (QED) is 0.518. The summed E-state index contributed by atoms with van der Waals surface area (Å²) < 4.78 is 39.2. The van der Waals surface area contributed by atoms with Gasteiger partial charge < -0.3 is 15.1 Å². The normalized spacial score (nSPS) is 16.0. The van der Waals surface area contributed by atoms with Gasteiger partial charge in [-0.3, -0.25) is 4.99 Å². The van der Waals surface area contributed by atoms with E-state index in [9.17, 15) is 12.8 Å². The van der Waals surface area contributed by atoms with Crippen molar-refractivity contribution in [2.75, 3.05) is 63.0 Å². The van der Waals surface area contributed by atoms with Gasteiger partial charge in [-0.1, -0.05) is 13.8 Å². The van der Waals surface area contributed by atoms with Crippen LogP contribution in [0, 0.1) is 5.82 Å². The predicted octanol–water partition coefficient (Wildman–Crippen LogP) is 1.58. The molecule has 158 valence electrons. The van der Waals surface area contributed by atoms with E-state index in [1.54, 1.807) is 12.1 Å². The van der Waals surface area contributed by atoms with Crippen LogP contribution in [0.3, 0.4) is 0 Å². The van der Waals surface area contributed by atoms with Crippen molar-refractivity contribution in [1.29, 1.82) is 0 Å². The van der Waals surface area contributed by atoms with E-state index < -0.39 is 10.0 Å². The maximum atomic E-state index is 13.1. The first-order valence-electron chi connectivity index (χ1n) is 9.92. The van der Waals surface area contributed by atoms with Gasteiger partial charge in [0.15, 0.2) is 5.96 Å². The second kappa shape index (κ2) is 10.6. The number of anilines is 1. The number of guanidine groups is 1. The highest BCUT2D eigenvalue weighted by Crippen LogP contribution is 2.17. The van der Waals surface area contributed by atoms with Gasteiger partial charge in [-0.05, 0) is 31.2 Å². The molecule has 0 radical (unpaired) electrons. The topological polar surface area (TPSA) is 68.2 Å². The van der Waals surface area contributed by atoms with Crippen molar-refractivity contribution in [3.05, 3.63) is 30.1 Å². The van der Waals surface area contributed by atoms with Crippen molar-refractivity contribution in [2.24, 2.45) is 4.99 Å². The lowest BCUT2D eigenvalue weighted by molar-refractivity contribution is 0.373. The van der Waals surface area contributed by atoms with Crippen LogP contribution in [0.4, 0.5) is 10.1 Å². The van der Waals surface area contributed by atoms with Crippen LogP contribution in [0.5, 0.6) is 0 Å². The van der Waals surface area contributed by atoms with Gasteiger partial charge in [0.05, 0.1) is 12.3 Å². The molecular formula is C19H32FN5O2S. The summed E-state index contributed by atoms with van der Waals surface area (Å²) >= 11 is 0. The van der Waals surface area contributed by atoms with Crippen LogP contribution in [0.25, 0.3) is 0 Å². The molecule has 28 heavy (non-hydrogen) atoms. The van der Waals surface area contributed by atoms with E-state index in [1.165, 1.54) is 16.4 Å². The number of piperazine rings is 1. The molecule has 2 rings (SSSR count). The second-order valence-corrected chi connectivity index (χ2v) is 8.67. The standard InChI is InChI=1S/C19H32FN5O2S/c1-4-21-19(22-11-16-28(26,27)25(5-2)6-3)24-14-12-23(13-15-24)18-9-7-17(20)8-10-18/h7-10H,4-6,11-16H2,1-3H3,(H,21,22). The Bertz CT molecular complexity index is 727. The molecule has 0 saturated carbocycles. The molecule has 0 bridgehead atoms. The molecule has 9 heteroatoms. The third kappa shape index (κ3) is 6.07. The third-order valence-electron chi connectivity index (χ3n) is 4.82.